The van der Waals surface area contributed by atoms with E-state index in [1.807, 2.05) is 18.2 Å². The molecular formula is C11H10N2O. The number of aromatic nitrogens is 2. The van der Waals surface area contributed by atoms with Gasteiger partial charge in [0.15, 0.2) is 0 Å². The lowest BCUT2D eigenvalue weighted by molar-refractivity contribution is 0.472. The van der Waals surface area contributed by atoms with Gasteiger partial charge in [0.1, 0.15) is 5.75 Å². The largest absolute Gasteiger partial charge is 0.506 e. The molecule has 0 spiro atoms. The van der Waals surface area contributed by atoms with Gasteiger partial charge in [-0.25, -0.2) is 0 Å². The van der Waals surface area contributed by atoms with Crippen LogP contribution in [-0.4, -0.2) is 15.1 Å². The van der Waals surface area contributed by atoms with E-state index in [0.29, 0.717) is 0 Å². The second-order valence-electron chi connectivity index (χ2n) is 3.04. The Morgan fingerprint density at radius 2 is 1.86 bits per heavy atom. The van der Waals surface area contributed by atoms with Crippen molar-refractivity contribution in [1.82, 2.24) is 9.97 Å². The summed E-state index contributed by atoms with van der Waals surface area (Å²) < 4.78 is 0. The van der Waals surface area contributed by atoms with Gasteiger partial charge >= 0.3 is 0 Å². The first-order chi connectivity index (χ1) is 6.84. The molecule has 0 saturated carbocycles. The van der Waals surface area contributed by atoms with E-state index in [4.69, 9.17) is 5.11 Å². The Hall–Kier alpha value is -1.90. The first kappa shape index (κ1) is 8.69. The molecule has 0 amide bonds. The summed E-state index contributed by atoms with van der Waals surface area (Å²) >= 11 is 0. The summed E-state index contributed by atoms with van der Waals surface area (Å²) in [6, 6.07) is 7.36. The first-order valence-electron chi connectivity index (χ1n) is 4.37. The van der Waals surface area contributed by atoms with Crippen LogP contribution >= 0.6 is 0 Å². The molecule has 14 heavy (non-hydrogen) atoms. The van der Waals surface area contributed by atoms with Gasteiger partial charge in [0.05, 0.1) is 6.20 Å². The zero-order chi connectivity index (χ0) is 9.80. The zero-order valence-corrected chi connectivity index (χ0v) is 7.59. The Labute approximate surface area is 82.1 Å². The Kier molecular flexibility index (Phi) is 2.40. The summed E-state index contributed by atoms with van der Waals surface area (Å²) in [7, 11) is 0. The van der Waals surface area contributed by atoms with Gasteiger partial charge in [0.25, 0.3) is 0 Å². The monoisotopic (exact) mass is 186 g/mol. The molecule has 0 aliphatic carbocycles. The van der Waals surface area contributed by atoms with Crippen molar-refractivity contribution in [3.63, 3.8) is 0 Å². The molecule has 0 atom stereocenters. The lowest BCUT2D eigenvalue weighted by atomic mass is 10.1. The highest BCUT2D eigenvalue weighted by Crippen LogP contribution is 2.09. The minimum atomic E-state index is 0.198. The van der Waals surface area contributed by atoms with Crippen LogP contribution < -0.4 is 0 Å². The van der Waals surface area contributed by atoms with Crippen LogP contribution in [0.25, 0.3) is 0 Å². The number of rotatable bonds is 2. The Bertz CT molecular complexity index is 397. The molecule has 70 valence electrons. The van der Waals surface area contributed by atoms with Gasteiger partial charge in [0.2, 0.25) is 0 Å². The van der Waals surface area contributed by atoms with Crippen LogP contribution in [0.2, 0.25) is 0 Å². The fourth-order valence-electron chi connectivity index (χ4n) is 1.23. The number of nitrogens with zero attached hydrogens (tertiary/aromatic N) is 2. The van der Waals surface area contributed by atoms with Crippen molar-refractivity contribution in [2.45, 2.75) is 6.42 Å². The van der Waals surface area contributed by atoms with Crippen LogP contribution in [0.1, 0.15) is 11.3 Å². The molecule has 0 fully saturated rings. The van der Waals surface area contributed by atoms with Crippen molar-refractivity contribution >= 4 is 0 Å². The van der Waals surface area contributed by atoms with Crippen LogP contribution in [0.15, 0.2) is 42.9 Å². The summed E-state index contributed by atoms with van der Waals surface area (Å²) in [6.45, 7) is 0. The molecule has 0 bridgehead atoms. The molecule has 0 aliphatic rings. The van der Waals surface area contributed by atoms with E-state index in [-0.39, 0.29) is 5.75 Å². The standard InChI is InChI=1S/C11H10N2O/c14-11-2-1-10(13-8-11)7-9-3-5-12-6-4-9/h1-6,8,14H,7H2. The van der Waals surface area contributed by atoms with Crippen LogP contribution in [-0.2, 0) is 6.42 Å². The van der Waals surface area contributed by atoms with E-state index in [1.54, 1.807) is 18.5 Å². The van der Waals surface area contributed by atoms with E-state index in [9.17, 15) is 0 Å². The summed E-state index contributed by atoms with van der Waals surface area (Å²) in [6.07, 6.45) is 5.74. The van der Waals surface area contributed by atoms with Crippen molar-refractivity contribution in [3.05, 3.63) is 54.1 Å². The topological polar surface area (TPSA) is 46.0 Å². The molecule has 1 N–H and O–H groups in total. The van der Waals surface area contributed by atoms with Gasteiger partial charge in [0, 0.05) is 24.5 Å². The summed E-state index contributed by atoms with van der Waals surface area (Å²) in [5, 5.41) is 9.05. The van der Waals surface area contributed by atoms with E-state index < -0.39 is 0 Å². The van der Waals surface area contributed by atoms with Crippen molar-refractivity contribution < 1.29 is 5.11 Å². The van der Waals surface area contributed by atoms with Gasteiger partial charge in [-0.3, -0.25) is 9.97 Å². The fraction of sp³-hybridized carbons (Fsp3) is 0.0909. The SMILES string of the molecule is Oc1ccc(Cc2ccncc2)nc1. The average Bonchev–Trinajstić information content (AvgIpc) is 2.23. The van der Waals surface area contributed by atoms with Crippen LogP contribution in [0.3, 0.4) is 0 Å². The molecule has 3 heteroatoms. The van der Waals surface area contributed by atoms with E-state index in [2.05, 4.69) is 9.97 Å². The Morgan fingerprint density at radius 1 is 1.07 bits per heavy atom. The molecular weight excluding hydrogens is 176 g/mol. The maximum Gasteiger partial charge on any atom is 0.133 e. The number of hydrogen-bond acceptors (Lipinski definition) is 3. The molecule has 2 aromatic rings. The molecule has 2 rings (SSSR count). The highest BCUT2D eigenvalue weighted by atomic mass is 16.3. The summed E-state index contributed by atoms with van der Waals surface area (Å²) in [4.78, 5) is 8.04. The van der Waals surface area contributed by atoms with E-state index in [1.165, 1.54) is 6.20 Å². The molecule has 0 aliphatic heterocycles. The predicted octanol–water partition coefficient (Wildman–Crippen LogP) is 1.77. The molecule has 2 heterocycles. The van der Waals surface area contributed by atoms with Crippen LogP contribution in [0.5, 0.6) is 5.75 Å². The zero-order valence-electron chi connectivity index (χ0n) is 7.59. The van der Waals surface area contributed by atoms with Gasteiger partial charge in [-0.15, -0.1) is 0 Å². The maximum atomic E-state index is 9.05. The van der Waals surface area contributed by atoms with E-state index in [0.717, 1.165) is 17.7 Å². The average molecular weight is 186 g/mol. The van der Waals surface area contributed by atoms with Gasteiger partial charge in [-0.1, -0.05) is 0 Å². The van der Waals surface area contributed by atoms with Gasteiger partial charge in [-0.2, -0.15) is 0 Å². The second kappa shape index (κ2) is 3.87. The Morgan fingerprint density at radius 3 is 2.50 bits per heavy atom. The predicted molar refractivity (Wildman–Crippen MR) is 52.9 cm³/mol. The lowest BCUT2D eigenvalue weighted by Crippen LogP contribution is -1.90. The molecule has 3 nitrogen and oxygen atoms in total. The van der Waals surface area contributed by atoms with E-state index >= 15 is 0 Å². The van der Waals surface area contributed by atoms with Gasteiger partial charge in [-0.05, 0) is 29.8 Å². The Balaban J connectivity index is 2.16. The van der Waals surface area contributed by atoms with Crippen molar-refractivity contribution in [2.75, 3.05) is 0 Å². The third kappa shape index (κ3) is 2.07. The third-order valence-corrected chi connectivity index (χ3v) is 1.94. The van der Waals surface area contributed by atoms with Crippen LogP contribution in [0, 0.1) is 0 Å². The second-order valence-corrected chi connectivity index (χ2v) is 3.04. The molecule has 0 aromatic carbocycles. The lowest BCUT2D eigenvalue weighted by Gasteiger charge is -2.00. The third-order valence-electron chi connectivity index (χ3n) is 1.94. The summed E-state index contributed by atoms with van der Waals surface area (Å²) in [5.74, 6) is 0.198. The maximum absolute atomic E-state index is 9.05. The number of hydrogen-bond donors (Lipinski definition) is 1. The molecule has 0 saturated heterocycles. The van der Waals surface area contributed by atoms with Crippen molar-refractivity contribution in [2.24, 2.45) is 0 Å². The van der Waals surface area contributed by atoms with Crippen molar-refractivity contribution in [3.8, 4) is 5.75 Å². The minimum absolute atomic E-state index is 0.198. The molecule has 2 aromatic heterocycles. The van der Waals surface area contributed by atoms with Crippen LogP contribution in [0.4, 0.5) is 0 Å². The minimum Gasteiger partial charge on any atom is -0.506 e. The van der Waals surface area contributed by atoms with Gasteiger partial charge < -0.3 is 5.11 Å². The quantitative estimate of drug-likeness (QED) is 0.777. The first-order valence-corrected chi connectivity index (χ1v) is 4.37. The molecule has 0 radical (unpaired) electrons. The fourth-order valence-corrected chi connectivity index (χ4v) is 1.23. The normalized spacial score (nSPS) is 10.0. The molecule has 0 unspecified atom stereocenters. The number of pyridine rings is 2. The summed E-state index contributed by atoms with van der Waals surface area (Å²) in [5.41, 5.74) is 2.10. The number of aromatic hydroxyl groups is 1. The van der Waals surface area contributed by atoms with Crippen molar-refractivity contribution in [1.29, 1.82) is 0 Å². The highest BCUT2D eigenvalue weighted by molar-refractivity contribution is 5.23. The highest BCUT2D eigenvalue weighted by Gasteiger charge is 1.96. The smallest absolute Gasteiger partial charge is 0.133 e.